The summed E-state index contributed by atoms with van der Waals surface area (Å²) in [5, 5.41) is 3.27. The number of likely N-dealkylation sites (N-methyl/N-ethyl adjacent to an activating group) is 1. The molecule has 1 fully saturated rings. The van der Waals surface area contributed by atoms with Crippen molar-refractivity contribution < 1.29 is 9.53 Å². The van der Waals surface area contributed by atoms with Gasteiger partial charge in [-0.25, -0.2) is 0 Å². The molecule has 4 heteroatoms. The van der Waals surface area contributed by atoms with Crippen molar-refractivity contribution in [2.24, 2.45) is 0 Å². The first-order chi connectivity index (χ1) is 9.72. The summed E-state index contributed by atoms with van der Waals surface area (Å²) in [6.45, 7) is 4.43. The number of hydrogen-bond acceptors (Lipinski definition) is 3. The minimum Gasteiger partial charge on any atom is -0.493 e. The monoisotopic (exact) mass is 274 g/mol. The van der Waals surface area contributed by atoms with Crippen LogP contribution in [0.2, 0.25) is 0 Å². The lowest BCUT2D eigenvalue weighted by atomic mass is 10.1. The second-order valence-electron chi connectivity index (χ2n) is 4.90. The van der Waals surface area contributed by atoms with Crippen molar-refractivity contribution in [1.82, 2.24) is 10.2 Å². The number of nitrogens with one attached hydrogen (secondary N) is 1. The van der Waals surface area contributed by atoms with Crippen LogP contribution in [0.4, 0.5) is 0 Å². The van der Waals surface area contributed by atoms with E-state index in [1.165, 1.54) is 0 Å². The number of benzene rings is 1. The van der Waals surface area contributed by atoms with Crippen LogP contribution in [0, 0.1) is 0 Å². The van der Waals surface area contributed by atoms with Crippen molar-refractivity contribution in [3.63, 3.8) is 0 Å². The van der Waals surface area contributed by atoms with E-state index in [9.17, 15) is 4.79 Å². The van der Waals surface area contributed by atoms with Gasteiger partial charge in [-0.05, 0) is 32.0 Å². The maximum atomic E-state index is 12.1. The van der Waals surface area contributed by atoms with Crippen LogP contribution in [0.25, 0.3) is 6.08 Å². The lowest BCUT2D eigenvalue weighted by Gasteiger charge is -2.22. The molecule has 0 aromatic heterocycles. The molecule has 0 saturated carbocycles. The van der Waals surface area contributed by atoms with E-state index in [0.29, 0.717) is 12.6 Å². The summed E-state index contributed by atoms with van der Waals surface area (Å²) in [6.07, 6.45) is 4.47. The number of carbonyl (C=O) groups excluding carboxylic acids is 1. The van der Waals surface area contributed by atoms with Gasteiger partial charge in [-0.15, -0.1) is 0 Å². The van der Waals surface area contributed by atoms with Crippen LogP contribution in [0.1, 0.15) is 18.9 Å². The topological polar surface area (TPSA) is 41.6 Å². The van der Waals surface area contributed by atoms with Crippen LogP contribution in [0.5, 0.6) is 5.75 Å². The van der Waals surface area contributed by atoms with Gasteiger partial charge in [0.25, 0.3) is 0 Å². The SMILES string of the molecule is CCOc1ccccc1/C=C/C(=O)N(C)C1CCNC1. The van der Waals surface area contributed by atoms with Gasteiger partial charge < -0.3 is 15.0 Å². The molecule has 1 amide bonds. The Morgan fingerprint density at radius 1 is 1.50 bits per heavy atom. The quantitative estimate of drug-likeness (QED) is 0.834. The Morgan fingerprint density at radius 2 is 2.30 bits per heavy atom. The summed E-state index contributed by atoms with van der Waals surface area (Å²) in [7, 11) is 1.86. The molecule has 1 N–H and O–H groups in total. The Balaban J connectivity index is 2.03. The molecule has 1 aromatic rings. The van der Waals surface area contributed by atoms with E-state index in [2.05, 4.69) is 5.32 Å². The van der Waals surface area contributed by atoms with Gasteiger partial charge in [0.1, 0.15) is 5.75 Å². The van der Waals surface area contributed by atoms with Gasteiger partial charge >= 0.3 is 0 Å². The minimum absolute atomic E-state index is 0.0324. The molecular weight excluding hydrogens is 252 g/mol. The van der Waals surface area contributed by atoms with Gasteiger partial charge in [-0.3, -0.25) is 4.79 Å². The highest BCUT2D eigenvalue weighted by molar-refractivity contribution is 5.92. The smallest absolute Gasteiger partial charge is 0.246 e. The highest BCUT2D eigenvalue weighted by atomic mass is 16.5. The average molecular weight is 274 g/mol. The first kappa shape index (κ1) is 14.6. The predicted octanol–water partition coefficient (Wildman–Crippen LogP) is 1.92. The lowest BCUT2D eigenvalue weighted by Crippen LogP contribution is -2.37. The van der Waals surface area contributed by atoms with Gasteiger partial charge in [0.2, 0.25) is 5.91 Å². The molecule has 2 rings (SSSR count). The van der Waals surface area contributed by atoms with Crippen LogP contribution < -0.4 is 10.1 Å². The van der Waals surface area contributed by atoms with Crippen LogP contribution >= 0.6 is 0 Å². The Morgan fingerprint density at radius 3 is 3.00 bits per heavy atom. The highest BCUT2D eigenvalue weighted by Crippen LogP contribution is 2.19. The fraction of sp³-hybridized carbons (Fsp3) is 0.438. The van der Waals surface area contributed by atoms with E-state index in [0.717, 1.165) is 30.8 Å². The van der Waals surface area contributed by atoms with Crippen LogP contribution in [-0.2, 0) is 4.79 Å². The van der Waals surface area contributed by atoms with E-state index < -0.39 is 0 Å². The molecule has 1 aliphatic heterocycles. The number of amides is 1. The van der Waals surface area contributed by atoms with Crippen LogP contribution in [-0.4, -0.2) is 43.6 Å². The zero-order chi connectivity index (χ0) is 14.4. The number of ether oxygens (including phenoxy) is 1. The molecule has 0 aliphatic carbocycles. The maximum Gasteiger partial charge on any atom is 0.246 e. The van der Waals surface area contributed by atoms with E-state index in [1.54, 1.807) is 11.0 Å². The first-order valence-corrected chi connectivity index (χ1v) is 7.09. The zero-order valence-corrected chi connectivity index (χ0v) is 12.1. The molecule has 20 heavy (non-hydrogen) atoms. The summed E-state index contributed by atoms with van der Waals surface area (Å²) in [4.78, 5) is 13.9. The molecule has 0 radical (unpaired) electrons. The molecule has 1 unspecified atom stereocenters. The Bertz CT molecular complexity index is 479. The molecule has 4 nitrogen and oxygen atoms in total. The van der Waals surface area contributed by atoms with Crippen molar-refractivity contribution in [3.05, 3.63) is 35.9 Å². The third kappa shape index (κ3) is 3.61. The van der Waals surface area contributed by atoms with Gasteiger partial charge in [0.05, 0.1) is 6.61 Å². The third-order valence-electron chi connectivity index (χ3n) is 3.55. The predicted molar refractivity (Wildman–Crippen MR) is 80.7 cm³/mol. The zero-order valence-electron chi connectivity index (χ0n) is 12.1. The number of carbonyl (C=O) groups is 1. The van der Waals surface area contributed by atoms with E-state index in [1.807, 2.05) is 44.3 Å². The first-order valence-electron chi connectivity index (χ1n) is 7.09. The van der Waals surface area contributed by atoms with Gasteiger partial charge in [-0.1, -0.05) is 18.2 Å². The fourth-order valence-corrected chi connectivity index (χ4v) is 2.33. The molecular formula is C16H22N2O2. The molecule has 0 bridgehead atoms. The Labute approximate surface area is 120 Å². The van der Waals surface area contributed by atoms with Crippen molar-refractivity contribution >= 4 is 12.0 Å². The van der Waals surface area contributed by atoms with Gasteiger partial charge in [0.15, 0.2) is 0 Å². The molecule has 0 spiro atoms. The van der Waals surface area contributed by atoms with Gasteiger partial charge in [0, 0.05) is 31.3 Å². The summed E-state index contributed by atoms with van der Waals surface area (Å²) in [6, 6.07) is 8.04. The lowest BCUT2D eigenvalue weighted by molar-refractivity contribution is -0.126. The number of hydrogen-bond donors (Lipinski definition) is 1. The minimum atomic E-state index is 0.0324. The summed E-state index contributed by atoms with van der Waals surface area (Å²) in [5.41, 5.74) is 0.931. The number of nitrogens with zero attached hydrogens (tertiary/aromatic N) is 1. The van der Waals surface area contributed by atoms with E-state index >= 15 is 0 Å². The van der Waals surface area contributed by atoms with Crippen LogP contribution in [0.3, 0.4) is 0 Å². The average Bonchev–Trinajstić information content (AvgIpc) is 2.99. The van der Waals surface area contributed by atoms with Crippen molar-refractivity contribution in [3.8, 4) is 5.75 Å². The molecule has 108 valence electrons. The van der Waals surface area contributed by atoms with Crippen molar-refractivity contribution in [1.29, 1.82) is 0 Å². The summed E-state index contributed by atoms with van der Waals surface area (Å²) in [5.74, 6) is 0.842. The van der Waals surface area contributed by atoms with Crippen LogP contribution in [0.15, 0.2) is 30.3 Å². The standard InChI is InChI=1S/C16H22N2O2/c1-3-20-15-7-5-4-6-13(15)8-9-16(19)18(2)14-10-11-17-12-14/h4-9,14,17H,3,10-12H2,1-2H3/b9-8+. The molecule has 1 saturated heterocycles. The summed E-state index contributed by atoms with van der Waals surface area (Å²) >= 11 is 0. The van der Waals surface area contributed by atoms with E-state index in [4.69, 9.17) is 4.74 Å². The van der Waals surface area contributed by atoms with Crippen molar-refractivity contribution in [2.45, 2.75) is 19.4 Å². The highest BCUT2D eigenvalue weighted by Gasteiger charge is 2.21. The van der Waals surface area contributed by atoms with Crippen molar-refractivity contribution in [2.75, 3.05) is 26.7 Å². The summed E-state index contributed by atoms with van der Waals surface area (Å²) < 4.78 is 5.54. The molecule has 1 aliphatic rings. The second-order valence-corrected chi connectivity index (χ2v) is 4.90. The largest absolute Gasteiger partial charge is 0.493 e. The molecule has 1 atom stereocenters. The van der Waals surface area contributed by atoms with Gasteiger partial charge in [-0.2, -0.15) is 0 Å². The molecule has 1 aromatic carbocycles. The third-order valence-corrected chi connectivity index (χ3v) is 3.55. The Hall–Kier alpha value is -1.81. The second kappa shape index (κ2) is 7.10. The maximum absolute atomic E-state index is 12.1. The number of para-hydroxylation sites is 1. The fourth-order valence-electron chi connectivity index (χ4n) is 2.33. The number of rotatable bonds is 5. The molecule has 1 heterocycles. The normalized spacial score (nSPS) is 18.4. The Kier molecular flexibility index (Phi) is 5.18. The van der Waals surface area contributed by atoms with E-state index in [-0.39, 0.29) is 5.91 Å².